The Bertz CT molecular complexity index is 717. The van der Waals surface area contributed by atoms with E-state index in [1.807, 2.05) is 6.07 Å². The van der Waals surface area contributed by atoms with Crippen LogP contribution in [0.25, 0.3) is 0 Å². The molecule has 1 atom stereocenters. The number of carbonyl (C=O) groups excluding carboxylic acids is 1. The fourth-order valence-electron chi connectivity index (χ4n) is 3.47. The molecule has 3 N–H and O–H groups in total. The molecule has 1 heterocycles. The van der Waals surface area contributed by atoms with Crippen LogP contribution in [0.1, 0.15) is 41.3 Å². The number of halogens is 1. The van der Waals surface area contributed by atoms with E-state index in [1.54, 1.807) is 24.3 Å². The summed E-state index contributed by atoms with van der Waals surface area (Å²) in [5.41, 5.74) is 9.46. The summed E-state index contributed by atoms with van der Waals surface area (Å²) in [6, 6.07) is 15.4. The van der Waals surface area contributed by atoms with Gasteiger partial charge in [-0.15, -0.1) is 12.4 Å². The summed E-state index contributed by atoms with van der Waals surface area (Å²) in [4.78, 5) is 14.8. The molecule has 0 radical (unpaired) electrons. The lowest BCUT2D eigenvalue weighted by atomic mass is 9.99. The van der Waals surface area contributed by atoms with Crippen molar-refractivity contribution in [3.8, 4) is 0 Å². The lowest BCUT2D eigenvalue weighted by molar-refractivity contribution is 0.0950. The Hall–Kier alpha value is -2.04. The Morgan fingerprint density at radius 1 is 1.15 bits per heavy atom. The lowest BCUT2D eigenvalue weighted by Crippen LogP contribution is -2.34. The van der Waals surface area contributed by atoms with Crippen LogP contribution in [0, 0.1) is 5.92 Å². The zero-order valence-corrected chi connectivity index (χ0v) is 16.1. The van der Waals surface area contributed by atoms with Gasteiger partial charge in [-0.05, 0) is 60.7 Å². The minimum Gasteiger partial charge on any atom is -0.399 e. The smallest absolute Gasteiger partial charge is 0.251 e. The van der Waals surface area contributed by atoms with Crippen LogP contribution in [-0.4, -0.2) is 23.9 Å². The van der Waals surface area contributed by atoms with Crippen LogP contribution >= 0.6 is 12.4 Å². The third-order valence-electron chi connectivity index (χ3n) is 4.87. The van der Waals surface area contributed by atoms with E-state index in [1.165, 1.54) is 24.0 Å². The Morgan fingerprint density at radius 3 is 2.54 bits per heavy atom. The van der Waals surface area contributed by atoms with E-state index in [4.69, 9.17) is 5.73 Å². The number of benzene rings is 2. The molecule has 4 nitrogen and oxygen atoms in total. The molecule has 0 spiro atoms. The highest BCUT2D eigenvalue weighted by Gasteiger charge is 2.17. The standard InChI is InChI=1S/C21H27N3O.ClH/c1-16-5-4-12-24(14-16)15-19-7-3-2-6-18(19)13-23-21(25)17-8-10-20(22)11-9-17;/h2-3,6-11,16H,4-5,12-15,22H2,1H3,(H,23,25);1H. The average Bonchev–Trinajstić information content (AvgIpc) is 2.61. The van der Waals surface area contributed by atoms with Crippen LogP contribution in [0.2, 0.25) is 0 Å². The lowest BCUT2D eigenvalue weighted by Gasteiger charge is -2.31. The van der Waals surface area contributed by atoms with Crippen molar-refractivity contribution < 1.29 is 4.79 Å². The van der Waals surface area contributed by atoms with Gasteiger partial charge in [0.2, 0.25) is 0 Å². The van der Waals surface area contributed by atoms with Crippen LogP contribution in [0.4, 0.5) is 5.69 Å². The zero-order chi connectivity index (χ0) is 17.6. The van der Waals surface area contributed by atoms with Gasteiger partial charge in [0.15, 0.2) is 0 Å². The van der Waals surface area contributed by atoms with Crippen molar-refractivity contribution in [1.82, 2.24) is 10.2 Å². The summed E-state index contributed by atoms with van der Waals surface area (Å²) in [5, 5.41) is 3.02. The zero-order valence-electron chi connectivity index (χ0n) is 15.3. The van der Waals surface area contributed by atoms with Gasteiger partial charge in [0.25, 0.3) is 5.91 Å². The highest BCUT2D eigenvalue weighted by Crippen LogP contribution is 2.19. The first-order valence-electron chi connectivity index (χ1n) is 9.04. The number of likely N-dealkylation sites (tertiary alicyclic amines) is 1. The minimum atomic E-state index is -0.0682. The monoisotopic (exact) mass is 373 g/mol. The molecule has 1 aliphatic rings. The van der Waals surface area contributed by atoms with E-state index in [9.17, 15) is 4.79 Å². The normalized spacial score (nSPS) is 17.3. The van der Waals surface area contributed by atoms with Crippen molar-refractivity contribution in [1.29, 1.82) is 0 Å². The fourth-order valence-corrected chi connectivity index (χ4v) is 3.47. The summed E-state index contributed by atoms with van der Waals surface area (Å²) in [6.45, 7) is 6.15. The number of nitrogens with two attached hydrogens (primary N) is 1. The Morgan fingerprint density at radius 2 is 1.85 bits per heavy atom. The second-order valence-electron chi connectivity index (χ2n) is 7.06. The number of amides is 1. The van der Waals surface area contributed by atoms with E-state index in [-0.39, 0.29) is 18.3 Å². The summed E-state index contributed by atoms with van der Waals surface area (Å²) < 4.78 is 0. The second kappa shape index (κ2) is 9.60. The van der Waals surface area contributed by atoms with Gasteiger partial charge in [-0.25, -0.2) is 0 Å². The van der Waals surface area contributed by atoms with Crippen molar-refractivity contribution in [2.45, 2.75) is 32.9 Å². The topological polar surface area (TPSA) is 58.4 Å². The van der Waals surface area contributed by atoms with Gasteiger partial charge in [0.05, 0.1) is 0 Å². The minimum absolute atomic E-state index is 0. The van der Waals surface area contributed by atoms with Gasteiger partial charge in [-0.1, -0.05) is 31.2 Å². The molecule has 0 bridgehead atoms. The maximum absolute atomic E-state index is 12.3. The second-order valence-corrected chi connectivity index (χ2v) is 7.06. The van der Waals surface area contributed by atoms with Crippen LogP contribution < -0.4 is 11.1 Å². The summed E-state index contributed by atoms with van der Waals surface area (Å²) >= 11 is 0. The molecule has 0 aromatic heterocycles. The number of anilines is 1. The van der Waals surface area contributed by atoms with E-state index >= 15 is 0 Å². The number of hydrogen-bond donors (Lipinski definition) is 2. The van der Waals surface area contributed by atoms with Gasteiger partial charge < -0.3 is 11.1 Å². The van der Waals surface area contributed by atoms with Crippen molar-refractivity contribution in [3.63, 3.8) is 0 Å². The van der Waals surface area contributed by atoms with Crippen LogP contribution in [0.5, 0.6) is 0 Å². The molecule has 1 amide bonds. The maximum Gasteiger partial charge on any atom is 0.251 e. The predicted molar refractivity (Wildman–Crippen MR) is 109 cm³/mol. The molecule has 140 valence electrons. The molecule has 1 unspecified atom stereocenters. The first-order valence-corrected chi connectivity index (χ1v) is 9.04. The molecule has 2 aromatic carbocycles. The van der Waals surface area contributed by atoms with Crippen molar-refractivity contribution in [2.24, 2.45) is 5.92 Å². The number of rotatable bonds is 5. The van der Waals surface area contributed by atoms with Gasteiger partial charge in [-0.2, -0.15) is 0 Å². The van der Waals surface area contributed by atoms with Crippen LogP contribution in [0.3, 0.4) is 0 Å². The molecular weight excluding hydrogens is 346 g/mol. The molecule has 1 aliphatic heterocycles. The number of nitrogen functional groups attached to an aromatic ring is 1. The van der Waals surface area contributed by atoms with Gasteiger partial charge in [0.1, 0.15) is 0 Å². The van der Waals surface area contributed by atoms with Gasteiger partial charge >= 0.3 is 0 Å². The maximum atomic E-state index is 12.3. The summed E-state index contributed by atoms with van der Waals surface area (Å²) in [6.07, 6.45) is 2.60. The molecule has 26 heavy (non-hydrogen) atoms. The summed E-state index contributed by atoms with van der Waals surface area (Å²) in [5.74, 6) is 0.701. The molecule has 0 saturated carbocycles. The molecule has 1 saturated heterocycles. The first kappa shape index (κ1) is 20.3. The molecule has 3 rings (SSSR count). The quantitative estimate of drug-likeness (QED) is 0.782. The molecular formula is C21H28ClN3O. The third kappa shape index (κ3) is 5.48. The largest absolute Gasteiger partial charge is 0.399 e. The third-order valence-corrected chi connectivity index (χ3v) is 4.87. The van der Waals surface area contributed by atoms with Crippen molar-refractivity contribution in [3.05, 3.63) is 65.2 Å². The molecule has 2 aromatic rings. The first-order chi connectivity index (χ1) is 12.1. The average molecular weight is 374 g/mol. The number of carbonyl (C=O) groups is 1. The SMILES string of the molecule is CC1CCCN(Cc2ccccc2CNC(=O)c2ccc(N)cc2)C1.Cl. The van der Waals surface area contributed by atoms with Gasteiger partial charge in [0, 0.05) is 30.9 Å². The fraction of sp³-hybridized carbons (Fsp3) is 0.381. The van der Waals surface area contributed by atoms with Crippen molar-refractivity contribution >= 4 is 24.0 Å². The van der Waals surface area contributed by atoms with Crippen molar-refractivity contribution in [2.75, 3.05) is 18.8 Å². The van der Waals surface area contributed by atoms with Gasteiger partial charge in [-0.3, -0.25) is 9.69 Å². The van der Waals surface area contributed by atoms with E-state index in [0.29, 0.717) is 17.8 Å². The summed E-state index contributed by atoms with van der Waals surface area (Å²) in [7, 11) is 0. The highest BCUT2D eigenvalue weighted by molar-refractivity contribution is 5.94. The number of hydrogen-bond acceptors (Lipinski definition) is 3. The Kier molecular flexibility index (Phi) is 7.49. The number of nitrogens with one attached hydrogen (secondary N) is 1. The molecule has 5 heteroatoms. The Balaban J connectivity index is 0.00000243. The molecule has 1 fully saturated rings. The number of piperidine rings is 1. The predicted octanol–water partition coefficient (Wildman–Crippen LogP) is 3.85. The highest BCUT2D eigenvalue weighted by atomic mass is 35.5. The van der Waals surface area contributed by atoms with E-state index < -0.39 is 0 Å². The van der Waals surface area contributed by atoms with Crippen LogP contribution in [0.15, 0.2) is 48.5 Å². The van der Waals surface area contributed by atoms with E-state index in [0.717, 1.165) is 25.6 Å². The molecule has 0 aliphatic carbocycles. The van der Waals surface area contributed by atoms with E-state index in [2.05, 4.69) is 35.3 Å². The van der Waals surface area contributed by atoms with Crippen LogP contribution in [-0.2, 0) is 13.1 Å². The number of nitrogens with zero attached hydrogens (tertiary/aromatic N) is 1. The Labute approximate surface area is 162 Å².